The SMILES string of the molecule is Cc1nc(Oc2ccccc2)nc(C)c1NC(=O)COc1ncccn1. The van der Waals surface area contributed by atoms with Gasteiger partial charge in [0.2, 0.25) is 0 Å². The number of nitrogens with one attached hydrogen (secondary N) is 1. The van der Waals surface area contributed by atoms with Gasteiger partial charge in [-0.05, 0) is 32.0 Å². The Morgan fingerprint density at radius 2 is 1.62 bits per heavy atom. The van der Waals surface area contributed by atoms with E-state index in [4.69, 9.17) is 9.47 Å². The minimum absolute atomic E-state index is 0.138. The predicted octanol–water partition coefficient (Wildman–Crippen LogP) is 2.69. The molecule has 1 aromatic carbocycles. The van der Waals surface area contributed by atoms with Crippen molar-refractivity contribution in [3.8, 4) is 17.8 Å². The molecular weight excluding hydrogens is 334 g/mol. The normalized spacial score (nSPS) is 10.2. The molecule has 0 unspecified atom stereocenters. The number of hydrogen-bond donors (Lipinski definition) is 1. The molecule has 0 aliphatic rings. The highest BCUT2D eigenvalue weighted by Gasteiger charge is 2.13. The van der Waals surface area contributed by atoms with Gasteiger partial charge in [0.25, 0.3) is 5.91 Å². The minimum Gasteiger partial charge on any atom is -0.453 e. The first-order valence-electron chi connectivity index (χ1n) is 7.89. The van der Waals surface area contributed by atoms with Gasteiger partial charge in [-0.25, -0.2) is 9.97 Å². The van der Waals surface area contributed by atoms with E-state index in [-0.39, 0.29) is 24.5 Å². The average molecular weight is 351 g/mol. The zero-order valence-electron chi connectivity index (χ0n) is 14.3. The van der Waals surface area contributed by atoms with E-state index < -0.39 is 0 Å². The Hall–Kier alpha value is -3.55. The molecule has 2 heterocycles. The second kappa shape index (κ2) is 8.02. The van der Waals surface area contributed by atoms with E-state index in [0.717, 1.165) is 0 Å². The molecular formula is C18H17N5O3. The summed E-state index contributed by atoms with van der Waals surface area (Å²) < 4.78 is 10.9. The Labute approximate surface area is 150 Å². The lowest BCUT2D eigenvalue weighted by Crippen LogP contribution is -2.22. The number of aromatic nitrogens is 4. The highest BCUT2D eigenvalue weighted by atomic mass is 16.5. The summed E-state index contributed by atoms with van der Waals surface area (Å²) in [6.45, 7) is 3.32. The lowest BCUT2D eigenvalue weighted by atomic mass is 10.3. The molecule has 0 aliphatic carbocycles. The van der Waals surface area contributed by atoms with Crippen LogP contribution in [-0.2, 0) is 4.79 Å². The molecule has 1 N–H and O–H groups in total. The van der Waals surface area contributed by atoms with E-state index in [0.29, 0.717) is 22.8 Å². The lowest BCUT2D eigenvalue weighted by molar-refractivity contribution is -0.118. The average Bonchev–Trinajstić information content (AvgIpc) is 2.65. The second-order valence-corrected chi connectivity index (χ2v) is 5.34. The van der Waals surface area contributed by atoms with Gasteiger partial charge < -0.3 is 14.8 Å². The topological polar surface area (TPSA) is 99.1 Å². The second-order valence-electron chi connectivity index (χ2n) is 5.34. The zero-order chi connectivity index (χ0) is 18.4. The van der Waals surface area contributed by atoms with Crippen LogP contribution in [0, 0.1) is 13.8 Å². The van der Waals surface area contributed by atoms with E-state index in [2.05, 4.69) is 25.3 Å². The largest absolute Gasteiger partial charge is 0.453 e. The number of amides is 1. The van der Waals surface area contributed by atoms with Crippen molar-refractivity contribution >= 4 is 11.6 Å². The number of carbonyl (C=O) groups excluding carboxylic acids is 1. The highest BCUT2D eigenvalue weighted by Crippen LogP contribution is 2.23. The number of para-hydroxylation sites is 1. The van der Waals surface area contributed by atoms with Crippen LogP contribution in [0.3, 0.4) is 0 Å². The third-order valence-electron chi connectivity index (χ3n) is 3.34. The maximum absolute atomic E-state index is 12.1. The Bertz CT molecular complexity index is 865. The van der Waals surface area contributed by atoms with Gasteiger partial charge in [0.05, 0.1) is 17.1 Å². The number of ether oxygens (including phenoxy) is 2. The van der Waals surface area contributed by atoms with Crippen LogP contribution in [0.1, 0.15) is 11.4 Å². The molecule has 8 heteroatoms. The van der Waals surface area contributed by atoms with Crippen molar-refractivity contribution in [2.24, 2.45) is 0 Å². The first kappa shape index (κ1) is 17.3. The van der Waals surface area contributed by atoms with Crippen molar-refractivity contribution in [1.29, 1.82) is 0 Å². The zero-order valence-corrected chi connectivity index (χ0v) is 14.3. The van der Waals surface area contributed by atoms with Gasteiger partial charge >= 0.3 is 12.0 Å². The molecule has 0 saturated heterocycles. The standard InChI is InChI=1S/C18H17N5O3/c1-12-16(23-15(24)11-25-17-19-9-6-10-20-17)13(2)22-18(21-12)26-14-7-4-3-5-8-14/h3-10H,11H2,1-2H3,(H,23,24). The molecule has 132 valence electrons. The van der Waals surface area contributed by atoms with Gasteiger partial charge in [-0.15, -0.1) is 0 Å². The third-order valence-corrected chi connectivity index (χ3v) is 3.34. The summed E-state index contributed by atoms with van der Waals surface area (Å²) >= 11 is 0. The van der Waals surface area contributed by atoms with Gasteiger partial charge in [0.15, 0.2) is 6.61 Å². The molecule has 0 fully saturated rings. The van der Waals surface area contributed by atoms with Crippen molar-refractivity contribution in [2.45, 2.75) is 13.8 Å². The summed E-state index contributed by atoms with van der Waals surface area (Å²) in [5.74, 6) is 0.281. The van der Waals surface area contributed by atoms with E-state index in [1.807, 2.05) is 30.3 Å². The van der Waals surface area contributed by atoms with E-state index in [9.17, 15) is 4.79 Å². The fraction of sp³-hybridized carbons (Fsp3) is 0.167. The van der Waals surface area contributed by atoms with Gasteiger partial charge in [-0.1, -0.05) is 18.2 Å². The number of anilines is 1. The van der Waals surface area contributed by atoms with Crippen LogP contribution in [0.2, 0.25) is 0 Å². The molecule has 0 aliphatic heterocycles. The van der Waals surface area contributed by atoms with Gasteiger partial charge in [-0.3, -0.25) is 4.79 Å². The summed E-state index contributed by atoms with van der Waals surface area (Å²) in [7, 11) is 0. The Balaban J connectivity index is 1.65. The molecule has 1 amide bonds. The Morgan fingerprint density at radius 1 is 0.962 bits per heavy atom. The summed E-state index contributed by atoms with van der Waals surface area (Å²) in [4.78, 5) is 28.4. The van der Waals surface area contributed by atoms with Crippen molar-refractivity contribution < 1.29 is 14.3 Å². The smallest absolute Gasteiger partial charge is 0.322 e. The monoisotopic (exact) mass is 351 g/mol. The van der Waals surface area contributed by atoms with Crippen LogP contribution in [0.15, 0.2) is 48.8 Å². The maximum Gasteiger partial charge on any atom is 0.322 e. The van der Waals surface area contributed by atoms with Crippen LogP contribution < -0.4 is 14.8 Å². The summed E-state index contributed by atoms with van der Waals surface area (Å²) in [5, 5.41) is 2.74. The number of benzene rings is 1. The first-order chi connectivity index (χ1) is 12.6. The highest BCUT2D eigenvalue weighted by molar-refractivity contribution is 5.92. The number of carbonyl (C=O) groups is 1. The summed E-state index contributed by atoms with van der Waals surface area (Å²) in [6.07, 6.45) is 3.07. The molecule has 3 rings (SSSR count). The molecule has 0 radical (unpaired) electrons. The number of hydrogen-bond acceptors (Lipinski definition) is 7. The molecule has 8 nitrogen and oxygen atoms in total. The molecule has 2 aromatic heterocycles. The van der Waals surface area contributed by atoms with Crippen LogP contribution in [0.4, 0.5) is 5.69 Å². The molecule has 26 heavy (non-hydrogen) atoms. The van der Waals surface area contributed by atoms with Gasteiger partial charge in [0, 0.05) is 12.4 Å². The minimum atomic E-state index is -0.357. The molecule has 0 spiro atoms. The molecule has 0 bridgehead atoms. The van der Waals surface area contributed by atoms with Crippen LogP contribution in [-0.4, -0.2) is 32.4 Å². The van der Waals surface area contributed by atoms with Crippen molar-refractivity contribution in [2.75, 3.05) is 11.9 Å². The predicted molar refractivity (Wildman–Crippen MR) is 94.2 cm³/mol. The number of rotatable bonds is 6. The van der Waals surface area contributed by atoms with E-state index in [1.165, 1.54) is 12.4 Å². The van der Waals surface area contributed by atoms with Gasteiger partial charge in [0.1, 0.15) is 5.75 Å². The van der Waals surface area contributed by atoms with Crippen LogP contribution >= 0.6 is 0 Å². The molecule has 0 atom stereocenters. The summed E-state index contributed by atoms with van der Waals surface area (Å²) in [6, 6.07) is 11.3. The third kappa shape index (κ3) is 4.50. The van der Waals surface area contributed by atoms with E-state index in [1.54, 1.807) is 19.9 Å². The van der Waals surface area contributed by atoms with Crippen molar-refractivity contribution in [3.05, 3.63) is 60.2 Å². The number of nitrogens with zero attached hydrogens (tertiary/aromatic N) is 4. The van der Waals surface area contributed by atoms with Gasteiger partial charge in [-0.2, -0.15) is 9.97 Å². The van der Waals surface area contributed by atoms with Crippen molar-refractivity contribution in [3.63, 3.8) is 0 Å². The Morgan fingerprint density at radius 3 is 2.27 bits per heavy atom. The Kier molecular flexibility index (Phi) is 5.33. The maximum atomic E-state index is 12.1. The molecule has 0 saturated carbocycles. The number of aryl methyl sites for hydroxylation is 2. The molecule has 3 aromatic rings. The lowest BCUT2D eigenvalue weighted by Gasteiger charge is -2.12. The summed E-state index contributed by atoms with van der Waals surface area (Å²) in [5.41, 5.74) is 1.70. The van der Waals surface area contributed by atoms with Crippen LogP contribution in [0.5, 0.6) is 17.8 Å². The fourth-order valence-corrected chi connectivity index (χ4v) is 2.17. The quantitative estimate of drug-likeness (QED) is 0.729. The fourth-order valence-electron chi connectivity index (χ4n) is 2.17. The van der Waals surface area contributed by atoms with Crippen molar-refractivity contribution in [1.82, 2.24) is 19.9 Å². The first-order valence-corrected chi connectivity index (χ1v) is 7.89. The van der Waals surface area contributed by atoms with Crippen LogP contribution in [0.25, 0.3) is 0 Å². The van der Waals surface area contributed by atoms with E-state index >= 15 is 0 Å².